The summed E-state index contributed by atoms with van der Waals surface area (Å²) in [5.74, 6) is 0. The van der Waals surface area contributed by atoms with Crippen molar-refractivity contribution >= 4 is 16.1 Å². The average molecular weight is 280 g/mol. The highest BCUT2D eigenvalue weighted by atomic mass is 32.2. The van der Waals surface area contributed by atoms with Crippen LogP contribution in [0.5, 0.6) is 0 Å². The van der Waals surface area contributed by atoms with E-state index in [4.69, 9.17) is 0 Å². The molecule has 1 heterocycles. The van der Waals surface area contributed by atoms with E-state index >= 15 is 0 Å². The Bertz CT molecular complexity index is 504. The molecule has 1 aromatic rings. The van der Waals surface area contributed by atoms with E-state index in [0.717, 1.165) is 31.4 Å². The minimum Gasteiger partial charge on any atom is -0.315 e. The Morgan fingerprint density at radius 3 is 2.79 bits per heavy atom. The molecule has 19 heavy (non-hydrogen) atoms. The first-order valence-electron chi connectivity index (χ1n) is 6.62. The van der Waals surface area contributed by atoms with Crippen molar-refractivity contribution in [1.29, 1.82) is 0 Å². The lowest BCUT2D eigenvalue weighted by Gasteiger charge is -2.14. The van der Waals surface area contributed by atoms with Crippen molar-refractivity contribution in [3.05, 3.63) is 41.3 Å². The summed E-state index contributed by atoms with van der Waals surface area (Å²) in [6.45, 7) is 1.68. The van der Waals surface area contributed by atoms with E-state index in [1.807, 2.05) is 30.3 Å². The molecule has 0 spiro atoms. The average Bonchev–Trinajstić information content (AvgIpc) is 2.66. The van der Waals surface area contributed by atoms with Gasteiger partial charge in [-0.1, -0.05) is 36.8 Å². The molecule has 0 bridgehead atoms. The predicted molar refractivity (Wildman–Crippen MR) is 78.0 cm³/mol. The highest BCUT2D eigenvalue weighted by molar-refractivity contribution is 7.92. The molecule has 1 aromatic carbocycles. The molecule has 0 saturated carbocycles. The zero-order valence-corrected chi connectivity index (χ0v) is 11.7. The van der Waals surface area contributed by atoms with Crippen LogP contribution in [0.2, 0.25) is 0 Å². The van der Waals surface area contributed by atoms with Gasteiger partial charge in [0.1, 0.15) is 0 Å². The van der Waals surface area contributed by atoms with Gasteiger partial charge in [-0.15, -0.1) is 0 Å². The zero-order valence-electron chi connectivity index (χ0n) is 10.9. The topological polar surface area (TPSA) is 58.2 Å². The first-order chi connectivity index (χ1) is 9.16. The Morgan fingerprint density at radius 2 is 2.00 bits per heavy atom. The maximum atomic E-state index is 12.0. The lowest BCUT2D eigenvalue weighted by Crippen LogP contribution is -2.39. The molecule has 1 aliphatic rings. The smallest absolute Gasteiger partial charge is 0.234 e. The largest absolute Gasteiger partial charge is 0.315 e. The molecule has 1 atom stereocenters. The fourth-order valence-electron chi connectivity index (χ4n) is 2.12. The maximum absolute atomic E-state index is 12.0. The van der Waals surface area contributed by atoms with E-state index in [1.165, 1.54) is 5.41 Å². The summed E-state index contributed by atoms with van der Waals surface area (Å²) >= 11 is 0. The molecule has 1 unspecified atom stereocenters. The second-order valence-corrected chi connectivity index (χ2v) is 6.37. The molecule has 0 radical (unpaired) electrons. The summed E-state index contributed by atoms with van der Waals surface area (Å²) in [4.78, 5) is 0. The van der Waals surface area contributed by atoms with Gasteiger partial charge in [0.2, 0.25) is 10.0 Å². The van der Waals surface area contributed by atoms with Crippen LogP contribution in [0, 0.1) is 0 Å². The van der Waals surface area contributed by atoms with Crippen LogP contribution in [0.1, 0.15) is 24.8 Å². The third kappa shape index (κ3) is 5.14. The lowest BCUT2D eigenvalue weighted by molar-refractivity contribution is 0.527. The molecule has 5 heteroatoms. The second kappa shape index (κ2) is 6.84. The molecule has 0 amide bonds. The molecule has 2 N–H and O–H groups in total. The molecule has 1 aliphatic heterocycles. The minimum absolute atomic E-state index is 0.00655. The lowest BCUT2D eigenvalue weighted by atomic mass is 10.2. The van der Waals surface area contributed by atoms with Crippen molar-refractivity contribution in [2.75, 3.05) is 13.1 Å². The second-order valence-electron chi connectivity index (χ2n) is 4.77. The first kappa shape index (κ1) is 14.2. The van der Waals surface area contributed by atoms with Gasteiger partial charge in [0.05, 0.1) is 0 Å². The number of hydrogen-bond donors (Lipinski definition) is 2. The van der Waals surface area contributed by atoms with Gasteiger partial charge >= 0.3 is 0 Å². The van der Waals surface area contributed by atoms with Crippen LogP contribution in [-0.2, 0) is 10.0 Å². The Morgan fingerprint density at radius 1 is 1.21 bits per heavy atom. The highest BCUT2D eigenvalue weighted by Crippen LogP contribution is 2.07. The molecule has 4 nitrogen and oxygen atoms in total. The highest BCUT2D eigenvalue weighted by Gasteiger charge is 2.16. The van der Waals surface area contributed by atoms with Crippen molar-refractivity contribution < 1.29 is 8.42 Å². The van der Waals surface area contributed by atoms with E-state index in [0.29, 0.717) is 6.54 Å². The number of nitrogens with one attached hydrogen (secondary N) is 2. The zero-order chi connectivity index (χ0) is 13.6. The van der Waals surface area contributed by atoms with Gasteiger partial charge in [-0.3, -0.25) is 0 Å². The van der Waals surface area contributed by atoms with E-state index in [-0.39, 0.29) is 6.04 Å². The number of hydrogen-bond acceptors (Lipinski definition) is 3. The third-order valence-corrected chi connectivity index (χ3v) is 4.27. The molecule has 104 valence electrons. The van der Waals surface area contributed by atoms with Crippen molar-refractivity contribution in [1.82, 2.24) is 10.0 Å². The minimum atomic E-state index is -3.37. The van der Waals surface area contributed by atoms with Crippen LogP contribution >= 0.6 is 0 Å². The van der Waals surface area contributed by atoms with Gasteiger partial charge in [-0.2, -0.15) is 0 Å². The Hall–Kier alpha value is -1.17. The van der Waals surface area contributed by atoms with Gasteiger partial charge in [-0.25, -0.2) is 13.1 Å². The Labute approximate surface area is 115 Å². The van der Waals surface area contributed by atoms with Crippen LogP contribution in [0.15, 0.2) is 35.7 Å². The van der Waals surface area contributed by atoms with Crippen molar-refractivity contribution in [2.24, 2.45) is 0 Å². The van der Waals surface area contributed by atoms with Crippen LogP contribution < -0.4 is 10.0 Å². The number of benzene rings is 1. The van der Waals surface area contributed by atoms with E-state index in [1.54, 1.807) is 6.08 Å². The van der Waals surface area contributed by atoms with Crippen molar-refractivity contribution in [2.45, 2.75) is 25.3 Å². The molecule has 2 rings (SSSR count). The standard InChI is InChI=1S/C14H20N2O2S/c17-19(18,11-9-13-6-2-1-3-7-13)16-14-8-4-5-10-15-12-14/h1-3,6-7,9,11,14-16H,4-5,8,10,12H2. The summed E-state index contributed by atoms with van der Waals surface area (Å²) in [5, 5.41) is 4.49. The van der Waals surface area contributed by atoms with Crippen LogP contribution in [-0.4, -0.2) is 27.5 Å². The van der Waals surface area contributed by atoms with Crippen LogP contribution in [0.4, 0.5) is 0 Å². The van der Waals surface area contributed by atoms with Crippen molar-refractivity contribution in [3.63, 3.8) is 0 Å². The van der Waals surface area contributed by atoms with Crippen LogP contribution in [0.25, 0.3) is 6.08 Å². The summed E-state index contributed by atoms with van der Waals surface area (Å²) in [7, 11) is -3.37. The molecule has 0 aromatic heterocycles. The summed E-state index contributed by atoms with van der Waals surface area (Å²) in [6.07, 6.45) is 4.68. The van der Waals surface area contributed by atoms with E-state index < -0.39 is 10.0 Å². The van der Waals surface area contributed by atoms with Gasteiger partial charge < -0.3 is 5.32 Å². The normalized spacial score (nSPS) is 21.4. The molecule has 1 fully saturated rings. The van der Waals surface area contributed by atoms with E-state index in [9.17, 15) is 8.42 Å². The van der Waals surface area contributed by atoms with E-state index in [2.05, 4.69) is 10.0 Å². The quantitative estimate of drug-likeness (QED) is 0.883. The van der Waals surface area contributed by atoms with Gasteiger partial charge in [-0.05, 0) is 31.0 Å². The monoisotopic (exact) mass is 280 g/mol. The predicted octanol–water partition coefficient (Wildman–Crippen LogP) is 1.72. The molecular weight excluding hydrogens is 260 g/mol. The molecule has 0 aliphatic carbocycles. The summed E-state index contributed by atoms with van der Waals surface area (Å²) in [6, 6.07) is 9.41. The summed E-state index contributed by atoms with van der Waals surface area (Å²) in [5.41, 5.74) is 0.881. The molecular formula is C14H20N2O2S. The Balaban J connectivity index is 1.96. The third-order valence-electron chi connectivity index (χ3n) is 3.12. The van der Waals surface area contributed by atoms with Gasteiger partial charge in [0.15, 0.2) is 0 Å². The van der Waals surface area contributed by atoms with Gasteiger partial charge in [0.25, 0.3) is 0 Å². The SMILES string of the molecule is O=S(=O)(C=Cc1ccccc1)NC1CCCCNC1. The number of rotatable bonds is 4. The van der Waals surface area contributed by atoms with Crippen LogP contribution in [0.3, 0.4) is 0 Å². The van der Waals surface area contributed by atoms with Gasteiger partial charge in [0, 0.05) is 18.0 Å². The molecule has 1 saturated heterocycles. The first-order valence-corrected chi connectivity index (χ1v) is 8.16. The van der Waals surface area contributed by atoms with Crippen molar-refractivity contribution in [3.8, 4) is 0 Å². The fourth-order valence-corrected chi connectivity index (χ4v) is 3.20. The fraction of sp³-hybridized carbons (Fsp3) is 0.429. The number of sulfonamides is 1. The Kier molecular flexibility index (Phi) is 5.13. The maximum Gasteiger partial charge on any atom is 0.234 e. The summed E-state index contributed by atoms with van der Waals surface area (Å²) < 4.78 is 26.6.